The second kappa shape index (κ2) is 11.6. The minimum absolute atomic E-state index is 0. The van der Waals surface area contributed by atoms with E-state index in [9.17, 15) is 37.1 Å². The van der Waals surface area contributed by atoms with Crippen molar-refractivity contribution >= 4 is 62.4 Å². The Bertz CT molecular complexity index is 1170. The Labute approximate surface area is 204 Å². The molecule has 0 aliphatic carbocycles. The van der Waals surface area contributed by atoms with Gasteiger partial charge >= 0.3 is 10.0 Å². The molecule has 0 unspecified atom stereocenters. The van der Waals surface area contributed by atoms with Crippen molar-refractivity contribution in [1.82, 2.24) is 4.72 Å². The van der Waals surface area contributed by atoms with Crippen LogP contribution in [0.3, 0.4) is 0 Å². The first-order chi connectivity index (χ1) is 14.5. The van der Waals surface area contributed by atoms with E-state index in [0.29, 0.717) is 22.7 Å². The highest BCUT2D eigenvalue weighted by Crippen LogP contribution is 2.30. The van der Waals surface area contributed by atoms with Gasteiger partial charge in [-0.2, -0.15) is 0 Å². The molecule has 0 fully saturated rings. The average Bonchev–Trinajstić information content (AvgIpc) is 3.22. The van der Waals surface area contributed by atoms with Crippen LogP contribution in [0.5, 0.6) is 0 Å². The van der Waals surface area contributed by atoms with E-state index in [1.807, 2.05) is 20.8 Å². The van der Waals surface area contributed by atoms with Gasteiger partial charge in [0.15, 0.2) is 0 Å². The molecule has 17 heteroatoms. The largest absolute Gasteiger partial charge is 0.326 e. The van der Waals surface area contributed by atoms with Crippen molar-refractivity contribution < 1.29 is 26.7 Å². The number of nitro groups is 2. The molecule has 188 valence electrons. The van der Waals surface area contributed by atoms with E-state index in [0.717, 1.165) is 12.1 Å². The summed E-state index contributed by atoms with van der Waals surface area (Å²) in [5, 5.41) is 20.1. The van der Waals surface area contributed by atoms with Crippen LogP contribution >= 0.6 is 33.4 Å². The molecule has 2 aromatic heterocycles. The summed E-state index contributed by atoms with van der Waals surface area (Å²) in [5.74, 6) is 0. The average molecular weight is 565 g/mol. The number of sulfonamides is 1. The lowest BCUT2D eigenvalue weighted by atomic mass is 10.1. The zero-order chi connectivity index (χ0) is 26.4. The maximum Gasteiger partial charge on any atom is 0.325 e. The van der Waals surface area contributed by atoms with Crippen molar-refractivity contribution in [2.45, 2.75) is 61.0 Å². The molecule has 0 bridgehead atoms. The topological polar surface area (TPSA) is 193 Å². The second-order valence-corrected chi connectivity index (χ2v) is 15.2. The molecule has 0 atom stereocenters. The van der Waals surface area contributed by atoms with Crippen molar-refractivity contribution in [2.24, 2.45) is 5.73 Å². The smallest absolute Gasteiger partial charge is 0.325 e. The lowest BCUT2D eigenvalue weighted by Crippen LogP contribution is -2.40. The molecule has 0 aliphatic heterocycles. The molecule has 0 saturated heterocycles. The second-order valence-electron chi connectivity index (χ2n) is 8.36. The molecule has 12 nitrogen and oxygen atoms in total. The van der Waals surface area contributed by atoms with Gasteiger partial charge in [-0.15, -0.1) is 0 Å². The van der Waals surface area contributed by atoms with Crippen molar-refractivity contribution in [1.29, 1.82) is 0 Å². The Morgan fingerprint density at radius 3 is 1.42 bits per heavy atom. The van der Waals surface area contributed by atoms with Gasteiger partial charge in [-0.3, -0.25) is 20.2 Å². The molecule has 0 spiro atoms. The first kappa shape index (κ1) is 31.3. The van der Waals surface area contributed by atoms with Gasteiger partial charge in [0.25, 0.3) is 19.1 Å². The number of thiophene rings is 2. The lowest BCUT2D eigenvalue weighted by molar-refractivity contribution is -0.380. The van der Waals surface area contributed by atoms with E-state index in [2.05, 4.69) is 4.72 Å². The fraction of sp³-hybridized carbons (Fsp3) is 0.500. The lowest BCUT2D eigenvalue weighted by Gasteiger charge is -2.19. The highest BCUT2D eigenvalue weighted by Gasteiger charge is 2.25. The molecule has 0 amide bonds. The summed E-state index contributed by atoms with van der Waals surface area (Å²) < 4.78 is 46.9. The zero-order valence-corrected chi connectivity index (χ0v) is 22.6. The molecule has 0 radical (unpaired) electrons. The number of hydrogen-bond acceptors (Lipinski definition) is 11. The summed E-state index contributed by atoms with van der Waals surface area (Å²) >= 11 is 1.17. The van der Waals surface area contributed by atoms with Gasteiger partial charge in [0.05, 0.1) is 9.85 Å². The standard InChI is InChI=1S/C8H12N2O4S2.C4H2ClNO4S2.C4H11N/c1-8(2,3)9-16(13,14)7-5-4-6(15-7)10(11)12;5-12(9,10)4-2-1-3(11-4)6(7)8;1-4(2,3)5/h4-5,9H,1-3H3;1-2H;5H2,1-3H3. The van der Waals surface area contributed by atoms with Gasteiger partial charge in [-0.05, 0) is 76.3 Å². The van der Waals surface area contributed by atoms with Crippen LogP contribution in [0.4, 0.5) is 10.0 Å². The molecule has 33 heavy (non-hydrogen) atoms. The quantitative estimate of drug-likeness (QED) is 0.306. The molecule has 2 heterocycles. The minimum atomic E-state index is -3.83. The van der Waals surface area contributed by atoms with E-state index in [-0.39, 0.29) is 24.0 Å². The SMILES string of the molecule is CC(C)(C)N.CC(C)(C)NS(=O)(=O)c1ccc([N+](=O)[O-])s1.O=[N+]([O-])c1ccc(S(=O)(=O)Cl)s1. The summed E-state index contributed by atoms with van der Waals surface area (Å²) in [7, 11) is -2.56. The highest BCUT2D eigenvalue weighted by molar-refractivity contribution is 8.15. The third-order valence-corrected chi connectivity index (χ3v) is 8.86. The molecule has 3 N–H and O–H groups in total. The number of nitrogens with two attached hydrogens (primary N) is 1. The van der Waals surface area contributed by atoms with Crippen molar-refractivity contribution in [3.05, 3.63) is 44.5 Å². The van der Waals surface area contributed by atoms with Crippen LogP contribution in [0.2, 0.25) is 0 Å². The van der Waals surface area contributed by atoms with Crippen LogP contribution < -0.4 is 10.5 Å². The van der Waals surface area contributed by atoms with Crippen molar-refractivity contribution in [3.8, 4) is 0 Å². The Morgan fingerprint density at radius 1 is 0.848 bits per heavy atom. The summed E-state index contributed by atoms with van der Waals surface area (Å²) in [4.78, 5) is 19.3. The summed E-state index contributed by atoms with van der Waals surface area (Å²) in [5.41, 5.74) is 4.74. The van der Waals surface area contributed by atoms with Gasteiger partial charge in [-0.25, -0.2) is 21.6 Å². The monoisotopic (exact) mass is 564 g/mol. The summed E-state index contributed by atoms with van der Waals surface area (Å²) in [6.07, 6.45) is 0. The fourth-order valence-corrected chi connectivity index (χ4v) is 5.95. The number of halogens is 1. The van der Waals surface area contributed by atoms with Crippen LogP contribution in [-0.4, -0.2) is 37.8 Å². The number of nitrogens with one attached hydrogen (secondary N) is 1. The van der Waals surface area contributed by atoms with Crippen LogP contribution in [0.1, 0.15) is 41.5 Å². The fourth-order valence-electron chi connectivity index (χ4n) is 1.55. The first-order valence-electron chi connectivity index (χ1n) is 8.79. The van der Waals surface area contributed by atoms with Crippen LogP contribution in [0.15, 0.2) is 32.7 Å². The first-order valence-corrected chi connectivity index (χ1v) is 14.2. The van der Waals surface area contributed by atoms with E-state index in [4.69, 9.17) is 16.4 Å². The van der Waals surface area contributed by atoms with E-state index >= 15 is 0 Å². The van der Waals surface area contributed by atoms with Crippen LogP contribution in [0, 0.1) is 20.2 Å². The van der Waals surface area contributed by atoms with Gasteiger partial charge in [0.1, 0.15) is 8.42 Å². The molecule has 0 aliphatic rings. The van der Waals surface area contributed by atoms with Crippen molar-refractivity contribution in [2.75, 3.05) is 0 Å². The molecule has 2 aromatic rings. The maximum absolute atomic E-state index is 11.8. The highest BCUT2D eigenvalue weighted by atomic mass is 35.7. The van der Waals surface area contributed by atoms with E-state index < -0.39 is 34.5 Å². The maximum atomic E-state index is 11.8. The van der Waals surface area contributed by atoms with Gasteiger partial charge in [0, 0.05) is 33.9 Å². The molecule has 0 saturated carbocycles. The van der Waals surface area contributed by atoms with E-state index in [1.54, 1.807) is 20.8 Å². The van der Waals surface area contributed by atoms with Crippen LogP contribution in [0.25, 0.3) is 0 Å². The Morgan fingerprint density at radius 2 is 1.18 bits per heavy atom. The van der Waals surface area contributed by atoms with Gasteiger partial charge in [0.2, 0.25) is 0 Å². The summed E-state index contributed by atoms with van der Waals surface area (Å²) in [6, 6.07) is 4.61. The number of rotatable bonds is 5. The van der Waals surface area contributed by atoms with Gasteiger partial charge in [-0.1, -0.05) is 0 Å². The summed E-state index contributed by atoms with van der Waals surface area (Å²) in [6.45, 7) is 11.0. The molecular formula is C16H25ClN4O8S4. The predicted octanol–water partition coefficient (Wildman–Crippen LogP) is 4.06. The minimum Gasteiger partial charge on any atom is -0.326 e. The third-order valence-electron chi connectivity index (χ3n) is 2.44. The molecule has 0 aromatic carbocycles. The number of nitrogens with zero attached hydrogens (tertiary/aromatic N) is 2. The van der Waals surface area contributed by atoms with Crippen molar-refractivity contribution in [3.63, 3.8) is 0 Å². The van der Waals surface area contributed by atoms with E-state index in [1.165, 1.54) is 12.1 Å². The Kier molecular flexibility index (Phi) is 11.0. The zero-order valence-electron chi connectivity index (χ0n) is 18.6. The third kappa shape index (κ3) is 13.6. The Balaban J connectivity index is 0.000000530. The Hall–Kier alpha value is -1.69. The molecular weight excluding hydrogens is 540 g/mol. The van der Waals surface area contributed by atoms with Crippen LogP contribution in [-0.2, 0) is 19.1 Å². The number of hydrogen-bond donors (Lipinski definition) is 2. The normalized spacial score (nSPS) is 12.1. The predicted molar refractivity (Wildman–Crippen MR) is 129 cm³/mol. The molecule has 2 rings (SSSR count). The van der Waals surface area contributed by atoms with Gasteiger partial charge < -0.3 is 5.73 Å².